The lowest BCUT2D eigenvalue weighted by Gasteiger charge is -2.26. The van der Waals surface area contributed by atoms with Crippen molar-refractivity contribution < 1.29 is 27.6 Å². The van der Waals surface area contributed by atoms with E-state index in [1.807, 2.05) is 19.9 Å². The van der Waals surface area contributed by atoms with Crippen molar-refractivity contribution in [1.82, 2.24) is 10.4 Å². The molecule has 0 amide bonds. The molecule has 0 saturated carbocycles. The van der Waals surface area contributed by atoms with Crippen LogP contribution in [-0.2, 0) is 10.1 Å². The number of rotatable bonds is 6. The number of hydrogen-bond acceptors (Lipinski definition) is 8. The van der Waals surface area contributed by atoms with Crippen LogP contribution in [0, 0.1) is 13.8 Å². The Hall–Kier alpha value is -4.03. The molecule has 1 aromatic heterocycles. The summed E-state index contributed by atoms with van der Waals surface area (Å²) in [6.07, 6.45) is 0. The summed E-state index contributed by atoms with van der Waals surface area (Å²) < 4.78 is 37.5. The zero-order valence-corrected chi connectivity index (χ0v) is 18.7. The van der Waals surface area contributed by atoms with Crippen LogP contribution < -0.4 is 20.4 Å². The van der Waals surface area contributed by atoms with E-state index in [2.05, 4.69) is 15.5 Å². The molecule has 2 aromatic carbocycles. The highest BCUT2D eigenvalue weighted by Crippen LogP contribution is 2.31. The van der Waals surface area contributed by atoms with Gasteiger partial charge in [-0.1, -0.05) is 6.07 Å². The van der Waals surface area contributed by atoms with Gasteiger partial charge in [-0.2, -0.15) is 13.5 Å². The van der Waals surface area contributed by atoms with Crippen molar-refractivity contribution in [1.29, 1.82) is 0 Å². The highest BCUT2D eigenvalue weighted by molar-refractivity contribution is 7.85. The van der Waals surface area contributed by atoms with E-state index in [4.69, 9.17) is 4.74 Å². The van der Waals surface area contributed by atoms with E-state index < -0.39 is 16.1 Å². The number of benzene rings is 2. The Bertz CT molecular complexity index is 1340. The summed E-state index contributed by atoms with van der Waals surface area (Å²) in [5, 5.41) is 17.2. The van der Waals surface area contributed by atoms with Crippen molar-refractivity contribution in [2.24, 2.45) is 5.10 Å². The number of hydrogen-bond donors (Lipinski definition) is 4. The number of carboxylic acids is 1. The van der Waals surface area contributed by atoms with E-state index in [1.165, 1.54) is 42.6 Å². The fourth-order valence-electron chi connectivity index (χ4n) is 3.38. The minimum atomic E-state index is -4.35. The molecule has 0 spiro atoms. The first-order chi connectivity index (χ1) is 15.6. The quantitative estimate of drug-likeness (QED) is 0.398. The molecular weight excluding hydrogens is 450 g/mol. The minimum absolute atomic E-state index is 0.0198. The number of amidine groups is 1. The number of anilines is 2. The molecular formula is C21H21N5O6S. The molecule has 33 heavy (non-hydrogen) atoms. The van der Waals surface area contributed by atoms with E-state index in [0.717, 1.165) is 11.3 Å². The Morgan fingerprint density at radius 2 is 1.82 bits per heavy atom. The predicted octanol–water partition coefficient (Wildman–Crippen LogP) is 2.69. The number of hydrazone groups is 1. The number of ether oxygens (including phenoxy) is 1. The Morgan fingerprint density at radius 1 is 1.12 bits per heavy atom. The van der Waals surface area contributed by atoms with Gasteiger partial charge in [-0.05, 0) is 61.9 Å². The number of aromatic nitrogens is 1. The van der Waals surface area contributed by atoms with Crippen LogP contribution in [0.4, 0.5) is 11.5 Å². The van der Waals surface area contributed by atoms with Gasteiger partial charge in [0.1, 0.15) is 11.3 Å². The van der Waals surface area contributed by atoms with E-state index in [1.54, 1.807) is 17.3 Å². The van der Waals surface area contributed by atoms with E-state index in [-0.39, 0.29) is 16.2 Å². The Labute approximate surface area is 189 Å². The number of nitrogens with one attached hydrogen (secondary N) is 2. The molecule has 0 unspecified atom stereocenters. The number of carboxylic acid groups (broad SMARTS) is 1. The second-order valence-corrected chi connectivity index (χ2v) is 8.71. The molecule has 172 valence electrons. The third kappa shape index (κ3) is 4.08. The summed E-state index contributed by atoms with van der Waals surface area (Å²) in [6.45, 7) is 3.86. The molecule has 0 atom stereocenters. The maximum absolute atomic E-state index is 11.6. The first-order valence-corrected chi connectivity index (χ1v) is 11.1. The number of aromatic amines is 1. The summed E-state index contributed by atoms with van der Waals surface area (Å²) >= 11 is 0. The molecule has 0 aliphatic carbocycles. The van der Waals surface area contributed by atoms with E-state index in [0.29, 0.717) is 22.9 Å². The van der Waals surface area contributed by atoms with Crippen molar-refractivity contribution in [3.05, 3.63) is 70.9 Å². The second kappa shape index (κ2) is 8.15. The molecule has 4 N–H and O–H groups in total. The first-order valence-electron chi connectivity index (χ1n) is 9.70. The van der Waals surface area contributed by atoms with Gasteiger partial charge in [-0.25, -0.2) is 4.79 Å². The standard InChI is InChI=1S/C21H21N5O6S/c1-12-11-18(22-13(12)2)26-24-20(16-5-4-6-17(21(27)28)19(16)32-3)23-25(26)14-7-9-15(10-8-14)33(29,30)31/h4-11,22H,1-3H3,(H,23,24)(H,27,28)(H,29,30,31). The number of methoxy groups -OCH3 is 1. The Kier molecular flexibility index (Phi) is 5.47. The van der Waals surface area contributed by atoms with Gasteiger partial charge >= 0.3 is 5.97 Å². The lowest BCUT2D eigenvalue weighted by Crippen LogP contribution is -2.45. The van der Waals surface area contributed by atoms with Crippen LogP contribution >= 0.6 is 0 Å². The molecule has 3 aromatic rings. The fourth-order valence-corrected chi connectivity index (χ4v) is 3.86. The SMILES string of the molecule is COc1c(C(=O)O)cccc1C1=NN(c2ccc(S(=O)(=O)O)cc2)N(c2cc(C)c(C)[nH]2)N1. The van der Waals surface area contributed by atoms with Crippen LogP contribution in [0.5, 0.6) is 5.75 Å². The van der Waals surface area contributed by atoms with Crippen molar-refractivity contribution in [3.63, 3.8) is 0 Å². The topological polar surface area (TPSA) is 148 Å². The van der Waals surface area contributed by atoms with Gasteiger partial charge in [0.2, 0.25) is 0 Å². The lowest BCUT2D eigenvalue weighted by molar-refractivity contribution is 0.0693. The Balaban J connectivity index is 1.82. The predicted molar refractivity (Wildman–Crippen MR) is 121 cm³/mol. The molecule has 12 heteroatoms. The normalized spacial score (nSPS) is 13.6. The summed E-state index contributed by atoms with van der Waals surface area (Å²) in [5.74, 6) is -0.0641. The number of aromatic carboxylic acids is 1. The molecule has 0 saturated heterocycles. The lowest BCUT2D eigenvalue weighted by atomic mass is 10.1. The largest absolute Gasteiger partial charge is 0.495 e. The first kappa shape index (κ1) is 22.2. The third-order valence-corrected chi connectivity index (χ3v) is 6.02. The number of nitrogens with zero attached hydrogens (tertiary/aromatic N) is 3. The smallest absolute Gasteiger partial charge is 0.339 e. The van der Waals surface area contributed by atoms with Crippen molar-refractivity contribution in [3.8, 4) is 5.75 Å². The maximum atomic E-state index is 11.6. The molecule has 0 radical (unpaired) electrons. The van der Waals surface area contributed by atoms with Crippen LogP contribution in [0.3, 0.4) is 0 Å². The van der Waals surface area contributed by atoms with Gasteiger partial charge in [-0.3, -0.25) is 9.98 Å². The molecule has 0 fully saturated rings. The van der Waals surface area contributed by atoms with E-state index >= 15 is 0 Å². The summed E-state index contributed by atoms with van der Waals surface area (Å²) in [7, 11) is -2.97. The maximum Gasteiger partial charge on any atom is 0.339 e. The second-order valence-electron chi connectivity index (χ2n) is 7.28. The highest BCUT2D eigenvalue weighted by atomic mass is 32.2. The van der Waals surface area contributed by atoms with Gasteiger partial charge in [0.15, 0.2) is 11.7 Å². The van der Waals surface area contributed by atoms with Gasteiger partial charge in [0, 0.05) is 5.69 Å². The Morgan fingerprint density at radius 3 is 2.36 bits per heavy atom. The molecule has 0 bridgehead atoms. The number of aryl methyl sites for hydroxylation is 2. The molecule has 1 aliphatic heterocycles. The van der Waals surface area contributed by atoms with Crippen molar-refractivity contribution in [2.45, 2.75) is 18.7 Å². The zero-order valence-electron chi connectivity index (χ0n) is 17.9. The average molecular weight is 471 g/mol. The molecule has 1 aliphatic rings. The summed E-state index contributed by atoms with van der Waals surface area (Å²) in [6, 6.07) is 12.1. The molecule has 2 heterocycles. The van der Waals surface area contributed by atoms with Gasteiger partial charge in [-0.15, -0.1) is 10.2 Å². The van der Waals surface area contributed by atoms with Crippen molar-refractivity contribution in [2.75, 3.05) is 17.3 Å². The van der Waals surface area contributed by atoms with Gasteiger partial charge in [0.25, 0.3) is 10.1 Å². The average Bonchev–Trinajstić information content (AvgIpc) is 3.36. The summed E-state index contributed by atoms with van der Waals surface area (Å²) in [5.41, 5.74) is 5.95. The molecule has 4 rings (SSSR count). The number of hydrazine groups is 2. The van der Waals surface area contributed by atoms with Crippen LogP contribution in [0.2, 0.25) is 0 Å². The third-order valence-electron chi connectivity index (χ3n) is 5.15. The van der Waals surface area contributed by atoms with Crippen LogP contribution in [0.15, 0.2) is 58.5 Å². The monoisotopic (exact) mass is 471 g/mol. The highest BCUT2D eigenvalue weighted by Gasteiger charge is 2.30. The van der Waals surface area contributed by atoms with Gasteiger partial charge < -0.3 is 14.8 Å². The number of H-pyrrole nitrogens is 1. The van der Waals surface area contributed by atoms with E-state index in [9.17, 15) is 22.9 Å². The zero-order chi connectivity index (χ0) is 23.9. The summed E-state index contributed by atoms with van der Waals surface area (Å²) in [4.78, 5) is 14.6. The van der Waals surface area contributed by atoms with Crippen LogP contribution in [0.25, 0.3) is 0 Å². The van der Waals surface area contributed by atoms with Gasteiger partial charge in [0.05, 0.1) is 23.3 Å². The minimum Gasteiger partial charge on any atom is -0.495 e. The molecule has 11 nitrogen and oxygen atoms in total. The van der Waals surface area contributed by atoms with Crippen LogP contribution in [-0.4, -0.2) is 42.0 Å². The van der Waals surface area contributed by atoms with Crippen molar-refractivity contribution >= 4 is 33.4 Å². The number of para-hydroxylation sites is 1. The van der Waals surface area contributed by atoms with Crippen LogP contribution in [0.1, 0.15) is 27.2 Å². The number of carbonyl (C=O) groups is 1. The fraction of sp³-hybridized carbons (Fsp3) is 0.143.